The van der Waals surface area contributed by atoms with Crippen molar-refractivity contribution in [3.8, 4) is 0 Å². The Morgan fingerprint density at radius 1 is 1.26 bits per heavy atom. The molecule has 6 heteroatoms. The molecule has 0 unspecified atom stereocenters. The van der Waals surface area contributed by atoms with Crippen LogP contribution in [0.2, 0.25) is 0 Å². The second kappa shape index (κ2) is 6.58. The molecule has 6 nitrogen and oxygen atoms in total. The maximum Gasteiger partial charge on any atom is 0.329 e. The number of nitrogens with zero attached hydrogens (tertiary/aromatic N) is 3. The predicted octanol–water partition coefficient (Wildman–Crippen LogP) is 2.39. The van der Waals surface area contributed by atoms with Gasteiger partial charge in [0.05, 0.1) is 6.54 Å². The van der Waals surface area contributed by atoms with E-state index < -0.39 is 5.97 Å². The Morgan fingerprint density at radius 2 is 2.04 bits per heavy atom. The lowest BCUT2D eigenvalue weighted by atomic mass is 10.1. The van der Waals surface area contributed by atoms with Crippen LogP contribution in [-0.2, 0) is 22.7 Å². The summed E-state index contributed by atoms with van der Waals surface area (Å²) in [5, 5.41) is 8.70. The molecule has 0 aliphatic carbocycles. The van der Waals surface area contributed by atoms with Gasteiger partial charge >= 0.3 is 5.97 Å². The molecule has 1 N–H and O–H groups in total. The molecule has 2 aromatic heterocycles. The van der Waals surface area contributed by atoms with Gasteiger partial charge in [-0.15, -0.1) is 0 Å². The van der Waals surface area contributed by atoms with Gasteiger partial charge in [-0.1, -0.05) is 29.8 Å². The van der Waals surface area contributed by atoms with E-state index in [0.29, 0.717) is 12.4 Å². The average Bonchev–Trinajstić information content (AvgIpc) is 2.87. The lowest BCUT2D eigenvalue weighted by Gasteiger charge is -2.09. The third-order valence-electron chi connectivity index (χ3n) is 3.50. The number of benzene rings is 1. The second-order valence-electron chi connectivity index (χ2n) is 5.33. The van der Waals surface area contributed by atoms with Crippen molar-refractivity contribution in [2.24, 2.45) is 0 Å². The molecular formula is C17H17N3O3. The number of fused-ring (bicyclic) bond motifs is 1. The molecule has 0 saturated carbocycles. The number of ether oxygens (including phenoxy) is 1. The standard InChI is InChI=1S/C17H17N3O3/c1-12-4-6-13(7-5-12)9-20-15(10-23-11-16(21)22)19-14-3-2-8-18-17(14)20/h2-8H,9-11H2,1H3,(H,21,22). The lowest BCUT2D eigenvalue weighted by molar-refractivity contribution is -0.142. The maximum absolute atomic E-state index is 10.6. The highest BCUT2D eigenvalue weighted by molar-refractivity contribution is 5.71. The van der Waals surface area contributed by atoms with Crippen LogP contribution < -0.4 is 0 Å². The lowest BCUT2D eigenvalue weighted by Crippen LogP contribution is -2.11. The highest BCUT2D eigenvalue weighted by Crippen LogP contribution is 2.17. The van der Waals surface area contributed by atoms with Crippen molar-refractivity contribution in [3.05, 3.63) is 59.5 Å². The molecule has 0 aliphatic heterocycles. The van der Waals surface area contributed by atoms with Crippen LogP contribution in [0.3, 0.4) is 0 Å². The molecule has 2 heterocycles. The molecule has 0 radical (unpaired) electrons. The minimum Gasteiger partial charge on any atom is -0.480 e. The molecule has 0 spiro atoms. The van der Waals surface area contributed by atoms with Gasteiger partial charge in [0.25, 0.3) is 0 Å². The Kier molecular flexibility index (Phi) is 4.34. The van der Waals surface area contributed by atoms with E-state index in [1.165, 1.54) is 5.56 Å². The van der Waals surface area contributed by atoms with Crippen molar-refractivity contribution in [1.29, 1.82) is 0 Å². The normalized spacial score (nSPS) is 11.0. The molecule has 3 aromatic rings. The van der Waals surface area contributed by atoms with Crippen LogP contribution in [0.4, 0.5) is 0 Å². The van der Waals surface area contributed by atoms with E-state index in [-0.39, 0.29) is 13.2 Å². The number of hydrogen-bond donors (Lipinski definition) is 1. The molecule has 3 rings (SSSR count). The van der Waals surface area contributed by atoms with Gasteiger partial charge in [0, 0.05) is 6.20 Å². The van der Waals surface area contributed by atoms with E-state index >= 15 is 0 Å². The Balaban J connectivity index is 1.91. The fourth-order valence-electron chi connectivity index (χ4n) is 2.39. The first-order valence-corrected chi connectivity index (χ1v) is 7.28. The summed E-state index contributed by atoms with van der Waals surface area (Å²) in [5.41, 5.74) is 3.86. The highest BCUT2D eigenvalue weighted by Gasteiger charge is 2.12. The summed E-state index contributed by atoms with van der Waals surface area (Å²) in [4.78, 5) is 19.5. The van der Waals surface area contributed by atoms with Crippen molar-refractivity contribution in [2.45, 2.75) is 20.1 Å². The summed E-state index contributed by atoms with van der Waals surface area (Å²) in [5.74, 6) is -0.329. The van der Waals surface area contributed by atoms with Crippen molar-refractivity contribution in [3.63, 3.8) is 0 Å². The summed E-state index contributed by atoms with van der Waals surface area (Å²) in [6.45, 7) is 2.44. The number of carboxylic acids is 1. The quantitative estimate of drug-likeness (QED) is 0.756. The van der Waals surface area contributed by atoms with Crippen LogP contribution in [0.25, 0.3) is 11.2 Å². The van der Waals surface area contributed by atoms with Crippen LogP contribution in [0.1, 0.15) is 17.0 Å². The number of carbonyl (C=O) groups is 1. The zero-order chi connectivity index (χ0) is 16.2. The number of aromatic nitrogens is 3. The number of hydrogen-bond acceptors (Lipinski definition) is 4. The zero-order valence-corrected chi connectivity index (χ0v) is 12.8. The third-order valence-corrected chi connectivity index (χ3v) is 3.50. The molecule has 0 saturated heterocycles. The number of imidazole rings is 1. The van der Waals surface area contributed by atoms with Gasteiger partial charge in [0.2, 0.25) is 0 Å². The largest absolute Gasteiger partial charge is 0.480 e. The number of pyridine rings is 1. The second-order valence-corrected chi connectivity index (χ2v) is 5.33. The number of aryl methyl sites for hydroxylation is 1. The molecular weight excluding hydrogens is 294 g/mol. The first kappa shape index (κ1) is 15.2. The summed E-state index contributed by atoms with van der Waals surface area (Å²) in [7, 11) is 0. The smallest absolute Gasteiger partial charge is 0.329 e. The van der Waals surface area contributed by atoms with Gasteiger partial charge in [-0.3, -0.25) is 0 Å². The van der Waals surface area contributed by atoms with Gasteiger partial charge in [0.15, 0.2) is 5.65 Å². The molecule has 0 aliphatic rings. The van der Waals surface area contributed by atoms with Gasteiger partial charge in [-0.2, -0.15) is 0 Å². The molecule has 0 fully saturated rings. The molecule has 1 aromatic carbocycles. The molecule has 0 bridgehead atoms. The predicted molar refractivity (Wildman–Crippen MR) is 85.1 cm³/mol. The molecule has 0 atom stereocenters. The molecule has 0 amide bonds. The van der Waals surface area contributed by atoms with E-state index in [1.54, 1.807) is 6.20 Å². The van der Waals surface area contributed by atoms with Crippen LogP contribution in [0, 0.1) is 6.92 Å². The maximum atomic E-state index is 10.6. The Labute approximate surface area is 133 Å². The SMILES string of the molecule is Cc1ccc(Cn2c(COCC(=O)O)nc3cccnc32)cc1. The Morgan fingerprint density at radius 3 is 2.78 bits per heavy atom. The van der Waals surface area contributed by atoms with Crippen molar-refractivity contribution in [1.82, 2.24) is 14.5 Å². The highest BCUT2D eigenvalue weighted by atomic mass is 16.5. The van der Waals surface area contributed by atoms with E-state index in [2.05, 4.69) is 34.2 Å². The summed E-state index contributed by atoms with van der Waals surface area (Å²) >= 11 is 0. The van der Waals surface area contributed by atoms with Crippen LogP contribution in [0.5, 0.6) is 0 Å². The van der Waals surface area contributed by atoms with E-state index in [0.717, 1.165) is 16.7 Å². The third kappa shape index (κ3) is 3.54. The summed E-state index contributed by atoms with van der Waals surface area (Å²) in [6, 6.07) is 11.9. The van der Waals surface area contributed by atoms with Crippen LogP contribution in [-0.4, -0.2) is 32.2 Å². The van der Waals surface area contributed by atoms with Gasteiger partial charge in [-0.25, -0.2) is 14.8 Å². The minimum absolute atomic E-state index is 0.133. The average molecular weight is 311 g/mol. The monoisotopic (exact) mass is 311 g/mol. The number of carboxylic acid groups (broad SMARTS) is 1. The van der Waals surface area contributed by atoms with E-state index in [1.807, 2.05) is 23.6 Å². The minimum atomic E-state index is -0.996. The fraction of sp³-hybridized carbons (Fsp3) is 0.235. The van der Waals surface area contributed by atoms with Gasteiger partial charge in [0.1, 0.15) is 24.6 Å². The molecule has 118 valence electrons. The van der Waals surface area contributed by atoms with Crippen molar-refractivity contribution >= 4 is 17.1 Å². The number of aliphatic carboxylic acids is 1. The van der Waals surface area contributed by atoms with E-state index in [4.69, 9.17) is 9.84 Å². The molecule has 23 heavy (non-hydrogen) atoms. The van der Waals surface area contributed by atoms with Crippen LogP contribution >= 0.6 is 0 Å². The van der Waals surface area contributed by atoms with E-state index in [9.17, 15) is 4.79 Å². The van der Waals surface area contributed by atoms with Crippen molar-refractivity contribution in [2.75, 3.05) is 6.61 Å². The summed E-state index contributed by atoms with van der Waals surface area (Å²) in [6.07, 6.45) is 1.72. The number of rotatable bonds is 6. The van der Waals surface area contributed by atoms with Gasteiger partial charge in [-0.05, 0) is 24.6 Å². The van der Waals surface area contributed by atoms with Gasteiger partial charge < -0.3 is 14.4 Å². The first-order chi connectivity index (χ1) is 11.1. The zero-order valence-electron chi connectivity index (χ0n) is 12.8. The van der Waals surface area contributed by atoms with Crippen LogP contribution in [0.15, 0.2) is 42.6 Å². The Bertz CT molecular complexity index is 825. The summed E-state index contributed by atoms with van der Waals surface area (Å²) < 4.78 is 7.16. The first-order valence-electron chi connectivity index (χ1n) is 7.28. The van der Waals surface area contributed by atoms with Crippen molar-refractivity contribution < 1.29 is 14.6 Å². The fourth-order valence-corrected chi connectivity index (χ4v) is 2.39. The topological polar surface area (TPSA) is 77.2 Å². The Hall–Kier alpha value is -2.73.